The number of amides is 1. The Balaban J connectivity index is 1.48. The van der Waals surface area contributed by atoms with Gasteiger partial charge in [-0.05, 0) is 73.7 Å². The van der Waals surface area contributed by atoms with Crippen LogP contribution in [0.15, 0.2) is 71.6 Å². The van der Waals surface area contributed by atoms with Crippen LogP contribution in [0, 0.1) is 13.8 Å². The maximum absolute atomic E-state index is 13.3. The predicted molar refractivity (Wildman–Crippen MR) is 126 cm³/mol. The molecule has 3 aromatic carbocycles. The van der Waals surface area contributed by atoms with Gasteiger partial charge in [0, 0.05) is 12.2 Å². The summed E-state index contributed by atoms with van der Waals surface area (Å²) in [7, 11) is -3.69. The first kappa shape index (κ1) is 21.9. The van der Waals surface area contributed by atoms with Crippen LogP contribution in [-0.2, 0) is 21.2 Å². The molecule has 1 amide bonds. The van der Waals surface area contributed by atoms with E-state index in [9.17, 15) is 13.2 Å². The van der Waals surface area contributed by atoms with Crippen LogP contribution in [0.4, 0.5) is 11.4 Å². The van der Waals surface area contributed by atoms with Crippen molar-refractivity contribution in [1.29, 1.82) is 0 Å². The summed E-state index contributed by atoms with van der Waals surface area (Å²) in [6, 6.07) is 19.9. The Bertz CT molecular complexity index is 1250. The Hall–Kier alpha value is -3.32. The molecule has 3 aromatic rings. The number of nitrogens with one attached hydrogen (secondary N) is 1. The molecular formula is C25H26N2O4S. The van der Waals surface area contributed by atoms with Crippen molar-refractivity contribution in [3.8, 4) is 5.75 Å². The van der Waals surface area contributed by atoms with Crippen LogP contribution in [-0.4, -0.2) is 27.5 Å². The van der Waals surface area contributed by atoms with E-state index < -0.39 is 10.0 Å². The number of anilines is 2. The molecule has 166 valence electrons. The Morgan fingerprint density at radius 1 is 1.00 bits per heavy atom. The normalized spacial score (nSPS) is 13.4. The Labute approximate surface area is 188 Å². The van der Waals surface area contributed by atoms with Gasteiger partial charge in [0.25, 0.3) is 15.9 Å². The second kappa shape index (κ2) is 9.04. The summed E-state index contributed by atoms with van der Waals surface area (Å²) in [6.45, 7) is 3.98. The van der Waals surface area contributed by atoms with E-state index in [4.69, 9.17) is 4.74 Å². The lowest BCUT2D eigenvalue weighted by atomic mass is 10.0. The number of nitrogens with zero attached hydrogens (tertiary/aromatic N) is 1. The number of carbonyl (C=O) groups is 1. The number of ether oxygens (including phenoxy) is 1. The van der Waals surface area contributed by atoms with Gasteiger partial charge in [-0.1, -0.05) is 36.4 Å². The molecule has 0 aliphatic carbocycles. The van der Waals surface area contributed by atoms with Crippen molar-refractivity contribution in [2.45, 2.75) is 31.6 Å². The van der Waals surface area contributed by atoms with Crippen molar-refractivity contribution < 1.29 is 17.9 Å². The number of hydrogen-bond acceptors (Lipinski definition) is 4. The second-order valence-electron chi connectivity index (χ2n) is 7.89. The molecule has 1 heterocycles. The van der Waals surface area contributed by atoms with Crippen LogP contribution in [0.5, 0.6) is 5.75 Å². The van der Waals surface area contributed by atoms with Gasteiger partial charge in [0.2, 0.25) is 0 Å². The zero-order valence-corrected chi connectivity index (χ0v) is 19.0. The first-order valence-corrected chi connectivity index (χ1v) is 12.0. The maximum Gasteiger partial charge on any atom is 0.264 e. The molecule has 0 saturated heterocycles. The van der Waals surface area contributed by atoms with E-state index in [1.165, 1.54) is 10.4 Å². The number of benzene rings is 3. The summed E-state index contributed by atoms with van der Waals surface area (Å²) < 4.78 is 33.8. The van der Waals surface area contributed by atoms with Crippen LogP contribution >= 0.6 is 0 Å². The molecule has 4 rings (SSSR count). The number of rotatable bonds is 6. The SMILES string of the molecule is Cc1ccccc1NC(=O)COc1ccc(S(=O)(=O)N2CCCc3ccccc32)cc1C. The standard InChI is InChI=1S/C25H26N2O4S/c1-18-8-3-5-11-22(18)26-25(28)17-31-24-14-13-21(16-19(24)2)32(29,30)27-15-7-10-20-9-4-6-12-23(20)27/h3-6,8-9,11-14,16H,7,10,15,17H2,1-2H3,(H,26,28). The van der Waals surface area contributed by atoms with Crippen molar-refractivity contribution in [3.63, 3.8) is 0 Å². The van der Waals surface area contributed by atoms with Crippen LogP contribution in [0.25, 0.3) is 0 Å². The summed E-state index contributed by atoms with van der Waals surface area (Å²) >= 11 is 0. The predicted octanol–water partition coefficient (Wildman–Crippen LogP) is 4.46. The number of carbonyl (C=O) groups excluding carboxylic acids is 1. The van der Waals surface area contributed by atoms with Gasteiger partial charge in [-0.15, -0.1) is 0 Å². The average molecular weight is 451 g/mol. The Kier molecular flexibility index (Phi) is 6.19. The van der Waals surface area contributed by atoms with E-state index in [1.54, 1.807) is 19.1 Å². The van der Waals surface area contributed by atoms with Crippen LogP contribution in [0.1, 0.15) is 23.1 Å². The minimum atomic E-state index is -3.69. The summed E-state index contributed by atoms with van der Waals surface area (Å²) in [5.41, 5.74) is 4.13. The van der Waals surface area contributed by atoms with Gasteiger partial charge in [-0.2, -0.15) is 0 Å². The highest BCUT2D eigenvalue weighted by Crippen LogP contribution is 2.33. The fraction of sp³-hybridized carbons (Fsp3) is 0.240. The van der Waals surface area contributed by atoms with Gasteiger partial charge in [0.1, 0.15) is 5.75 Å². The van der Waals surface area contributed by atoms with Gasteiger partial charge in [-0.3, -0.25) is 9.10 Å². The second-order valence-corrected chi connectivity index (χ2v) is 9.75. The molecule has 32 heavy (non-hydrogen) atoms. The third-order valence-electron chi connectivity index (χ3n) is 5.58. The molecule has 0 bridgehead atoms. The minimum Gasteiger partial charge on any atom is -0.483 e. The highest BCUT2D eigenvalue weighted by Gasteiger charge is 2.29. The van der Waals surface area contributed by atoms with Crippen molar-refractivity contribution in [1.82, 2.24) is 0 Å². The van der Waals surface area contributed by atoms with Crippen molar-refractivity contribution in [2.24, 2.45) is 0 Å². The highest BCUT2D eigenvalue weighted by molar-refractivity contribution is 7.92. The monoisotopic (exact) mass is 450 g/mol. The number of sulfonamides is 1. The van der Waals surface area contributed by atoms with E-state index in [0.717, 1.165) is 35.3 Å². The van der Waals surface area contributed by atoms with Gasteiger partial charge < -0.3 is 10.1 Å². The van der Waals surface area contributed by atoms with Gasteiger partial charge in [-0.25, -0.2) is 8.42 Å². The van der Waals surface area contributed by atoms with Gasteiger partial charge in [0.15, 0.2) is 6.61 Å². The van der Waals surface area contributed by atoms with Gasteiger partial charge >= 0.3 is 0 Å². The van der Waals surface area contributed by atoms with Gasteiger partial charge in [0.05, 0.1) is 10.6 Å². The molecule has 0 aromatic heterocycles. The Morgan fingerprint density at radius 2 is 1.75 bits per heavy atom. The fourth-order valence-corrected chi connectivity index (χ4v) is 5.49. The van der Waals surface area contributed by atoms with Crippen molar-refractivity contribution in [2.75, 3.05) is 22.8 Å². The zero-order valence-electron chi connectivity index (χ0n) is 18.2. The molecule has 1 aliphatic heterocycles. The molecule has 0 fully saturated rings. The highest BCUT2D eigenvalue weighted by atomic mass is 32.2. The van der Waals surface area contributed by atoms with E-state index in [-0.39, 0.29) is 17.4 Å². The minimum absolute atomic E-state index is 0.166. The summed E-state index contributed by atoms with van der Waals surface area (Å²) in [5.74, 6) is 0.197. The van der Waals surface area contributed by atoms with Crippen molar-refractivity contribution in [3.05, 3.63) is 83.4 Å². The quantitative estimate of drug-likeness (QED) is 0.602. The Morgan fingerprint density at radius 3 is 2.53 bits per heavy atom. The molecule has 0 atom stereocenters. The topological polar surface area (TPSA) is 75.7 Å². The molecule has 0 unspecified atom stereocenters. The fourth-order valence-electron chi connectivity index (χ4n) is 3.86. The smallest absolute Gasteiger partial charge is 0.264 e. The van der Waals surface area contributed by atoms with E-state index in [0.29, 0.717) is 17.9 Å². The maximum atomic E-state index is 13.3. The largest absolute Gasteiger partial charge is 0.483 e. The molecule has 0 saturated carbocycles. The average Bonchev–Trinajstić information content (AvgIpc) is 2.79. The molecule has 6 nitrogen and oxygen atoms in total. The van der Waals surface area contributed by atoms with E-state index in [2.05, 4.69) is 5.32 Å². The van der Waals surface area contributed by atoms with Crippen molar-refractivity contribution >= 4 is 27.3 Å². The zero-order chi connectivity index (χ0) is 22.7. The number of fused-ring (bicyclic) bond motifs is 1. The number of hydrogen-bond donors (Lipinski definition) is 1. The first-order chi connectivity index (χ1) is 15.4. The van der Waals surface area contributed by atoms with Crippen LogP contribution in [0.3, 0.4) is 0 Å². The molecular weight excluding hydrogens is 424 g/mol. The first-order valence-electron chi connectivity index (χ1n) is 10.6. The third kappa shape index (κ3) is 4.48. The molecule has 0 spiro atoms. The molecule has 0 radical (unpaired) electrons. The third-order valence-corrected chi connectivity index (χ3v) is 7.39. The van der Waals surface area contributed by atoms with Crippen LogP contribution < -0.4 is 14.4 Å². The lowest BCUT2D eigenvalue weighted by Crippen LogP contribution is -2.35. The number of aryl methyl sites for hydroxylation is 3. The lowest BCUT2D eigenvalue weighted by Gasteiger charge is -2.30. The van der Waals surface area contributed by atoms with E-state index >= 15 is 0 Å². The molecule has 1 N–H and O–H groups in total. The molecule has 7 heteroatoms. The summed E-state index contributed by atoms with van der Waals surface area (Å²) in [4.78, 5) is 12.5. The summed E-state index contributed by atoms with van der Waals surface area (Å²) in [5, 5.41) is 2.82. The van der Waals surface area contributed by atoms with E-state index in [1.807, 2.05) is 55.5 Å². The van der Waals surface area contributed by atoms with Crippen LogP contribution in [0.2, 0.25) is 0 Å². The lowest BCUT2D eigenvalue weighted by molar-refractivity contribution is -0.118. The summed E-state index contributed by atoms with van der Waals surface area (Å²) in [6.07, 6.45) is 1.66. The molecule has 1 aliphatic rings. The number of para-hydroxylation sites is 2.